The van der Waals surface area contributed by atoms with Crippen LogP contribution in [0.3, 0.4) is 0 Å². The van der Waals surface area contributed by atoms with Gasteiger partial charge in [-0.05, 0) is 48.0 Å². The highest BCUT2D eigenvalue weighted by Gasteiger charge is 2.27. The summed E-state index contributed by atoms with van der Waals surface area (Å²) in [6.45, 7) is 0. The van der Waals surface area contributed by atoms with E-state index in [1.165, 1.54) is 18.2 Å². The van der Waals surface area contributed by atoms with E-state index in [9.17, 15) is 37.7 Å². The van der Waals surface area contributed by atoms with Crippen molar-refractivity contribution in [2.24, 2.45) is 0 Å². The van der Waals surface area contributed by atoms with Gasteiger partial charge in [0.15, 0.2) is 23.3 Å². The molecule has 0 aliphatic heterocycles. The minimum atomic E-state index is -2.26. The highest BCUT2D eigenvalue weighted by atomic mass is 19.2. The Morgan fingerprint density at radius 3 is 1.57 bits per heavy atom. The fourth-order valence-electron chi connectivity index (χ4n) is 6.43. The third-order valence-corrected chi connectivity index (χ3v) is 8.94. The molecule has 0 radical (unpaired) electrons. The Balaban J connectivity index is 1.47. The minimum absolute atomic E-state index is 0.121. The van der Waals surface area contributed by atoms with Crippen molar-refractivity contribution in [1.29, 1.82) is 15.8 Å². The lowest BCUT2D eigenvalue weighted by Gasteiger charge is -2.16. The van der Waals surface area contributed by atoms with E-state index in [4.69, 9.17) is 15.0 Å². The van der Waals surface area contributed by atoms with Crippen LogP contribution in [0.5, 0.6) is 0 Å². The van der Waals surface area contributed by atoms with Crippen LogP contribution in [0.4, 0.5) is 22.0 Å². The second kappa shape index (κ2) is 12.6. The van der Waals surface area contributed by atoms with Crippen LogP contribution in [0, 0.1) is 63.1 Å². The molecule has 0 saturated carbocycles. The van der Waals surface area contributed by atoms with Gasteiger partial charge in [0.1, 0.15) is 11.6 Å². The number of nitrogens with zero attached hydrogens (tertiary/aromatic N) is 6. The third-order valence-electron chi connectivity index (χ3n) is 8.94. The van der Waals surface area contributed by atoms with E-state index < -0.39 is 34.6 Å². The zero-order valence-corrected chi connectivity index (χ0v) is 26.9. The number of benzene rings is 6. The third kappa shape index (κ3) is 5.26. The maximum Gasteiger partial charge on any atom is 0.200 e. The molecule has 0 saturated heterocycles. The summed E-state index contributed by atoms with van der Waals surface area (Å²) >= 11 is 0. The molecule has 0 atom stereocenters. The number of rotatable bonds is 4. The molecule has 8 rings (SSSR count). The molecular weight excluding hydrogens is 683 g/mol. The molecule has 0 spiro atoms. The van der Waals surface area contributed by atoms with Crippen molar-refractivity contribution in [3.05, 3.63) is 149 Å². The quantitative estimate of drug-likeness (QED) is 0.0782. The average Bonchev–Trinajstić information content (AvgIpc) is 3.21. The lowest BCUT2D eigenvalue weighted by molar-refractivity contribution is 0.381. The van der Waals surface area contributed by atoms with Crippen LogP contribution in [-0.4, -0.2) is 15.0 Å². The van der Waals surface area contributed by atoms with Gasteiger partial charge in [0.25, 0.3) is 0 Å². The number of fused-ring (bicyclic) bond motifs is 5. The summed E-state index contributed by atoms with van der Waals surface area (Å²) in [5, 5.41) is 30.9. The van der Waals surface area contributed by atoms with Gasteiger partial charge in [-0.2, -0.15) is 15.8 Å². The molecule has 8 aromatic rings. The van der Waals surface area contributed by atoms with Crippen LogP contribution in [-0.2, 0) is 0 Å². The maximum atomic E-state index is 15.0. The Hall–Kier alpha value is -7.55. The van der Waals surface area contributed by atoms with Crippen LogP contribution < -0.4 is 0 Å². The number of nitriles is 3. The van der Waals surface area contributed by atoms with Gasteiger partial charge in [-0.25, -0.2) is 36.9 Å². The summed E-state index contributed by atoms with van der Waals surface area (Å²) < 4.78 is 72.3. The van der Waals surface area contributed by atoms with E-state index in [1.807, 2.05) is 6.07 Å². The Morgan fingerprint density at radius 2 is 0.981 bits per heavy atom. The molecule has 0 aliphatic carbocycles. The van der Waals surface area contributed by atoms with Gasteiger partial charge in [-0.3, -0.25) is 0 Å². The van der Waals surface area contributed by atoms with Gasteiger partial charge < -0.3 is 0 Å². The summed E-state index contributed by atoms with van der Waals surface area (Å²) in [5.41, 5.74) is 3.25. The zero-order chi connectivity index (χ0) is 37.0. The molecular formula is C42H17F5N6. The second-order valence-electron chi connectivity index (χ2n) is 12.0. The lowest BCUT2D eigenvalue weighted by Crippen LogP contribution is -2.04. The van der Waals surface area contributed by atoms with E-state index in [1.54, 1.807) is 78.9 Å². The van der Waals surface area contributed by atoms with Gasteiger partial charge in [0.2, 0.25) is 5.82 Å². The van der Waals surface area contributed by atoms with Gasteiger partial charge in [0.05, 0.1) is 62.5 Å². The largest absolute Gasteiger partial charge is 0.247 e. The van der Waals surface area contributed by atoms with E-state index in [2.05, 4.69) is 18.2 Å². The fourth-order valence-corrected chi connectivity index (χ4v) is 6.43. The summed E-state index contributed by atoms with van der Waals surface area (Å²) in [7, 11) is 0. The molecule has 11 heteroatoms. The first kappa shape index (κ1) is 32.6. The average molecular weight is 701 g/mol. The monoisotopic (exact) mass is 700 g/mol. The Labute approximate surface area is 296 Å². The summed E-state index contributed by atoms with van der Waals surface area (Å²) in [6, 6.07) is 34.1. The number of halogens is 5. The van der Waals surface area contributed by atoms with Gasteiger partial charge in [-0.15, -0.1) is 0 Å². The molecule has 0 bridgehead atoms. The van der Waals surface area contributed by atoms with Crippen molar-refractivity contribution in [2.45, 2.75) is 0 Å². The zero-order valence-electron chi connectivity index (χ0n) is 26.9. The van der Waals surface area contributed by atoms with E-state index >= 15 is 0 Å². The molecule has 0 aliphatic rings. The van der Waals surface area contributed by atoms with Gasteiger partial charge >= 0.3 is 0 Å². The SMILES string of the molecule is N#Cc1ccc(-c2nc3c(C#N)cc4c(-c5cccc(-c6c(F)c(F)c(F)c(F)c6F)c5)nc5ccccc5c4c3nc2-c2ccc(C#N)cc2)cc1. The van der Waals surface area contributed by atoms with Gasteiger partial charge in [0, 0.05) is 32.8 Å². The standard InChI is InChI=1S/C42H17F5N6/c43-33-31(34(44)36(46)37(47)35(33)45)25-4-3-5-26(16-25)38-29-17-27(20-50)41-42(32(29)28-6-1-2-7-30(28)51-38)53-40(24-14-10-22(19-49)11-15-24)39(52-41)23-12-8-21(18-48)9-13-23/h1-17H. The number of para-hydroxylation sites is 1. The van der Waals surface area contributed by atoms with E-state index in [0.717, 1.165) is 0 Å². The number of pyridine rings is 1. The Morgan fingerprint density at radius 1 is 0.434 bits per heavy atom. The number of hydrogen-bond donors (Lipinski definition) is 0. The molecule has 0 unspecified atom stereocenters. The van der Waals surface area contributed by atoms with E-state index in [-0.39, 0.29) is 27.9 Å². The van der Waals surface area contributed by atoms with Crippen LogP contribution >= 0.6 is 0 Å². The number of aromatic nitrogens is 3. The Kier molecular flexibility index (Phi) is 7.79. The molecule has 250 valence electrons. The topological polar surface area (TPSA) is 110 Å². The van der Waals surface area contributed by atoms with Crippen LogP contribution in [0.2, 0.25) is 0 Å². The molecule has 0 N–H and O–H groups in total. The van der Waals surface area contributed by atoms with Crippen molar-refractivity contribution in [1.82, 2.24) is 15.0 Å². The molecule has 2 heterocycles. The fraction of sp³-hybridized carbons (Fsp3) is 0. The van der Waals surface area contributed by atoms with Crippen LogP contribution in [0.1, 0.15) is 16.7 Å². The first-order valence-electron chi connectivity index (χ1n) is 15.8. The first-order chi connectivity index (χ1) is 25.7. The van der Waals surface area contributed by atoms with Gasteiger partial charge in [-0.1, -0.05) is 60.7 Å². The van der Waals surface area contributed by atoms with Crippen molar-refractivity contribution in [3.8, 4) is 63.1 Å². The van der Waals surface area contributed by atoms with Crippen molar-refractivity contribution in [2.75, 3.05) is 0 Å². The minimum Gasteiger partial charge on any atom is -0.247 e. The summed E-state index contributed by atoms with van der Waals surface area (Å²) in [4.78, 5) is 15.0. The highest BCUT2D eigenvalue weighted by molar-refractivity contribution is 6.22. The summed E-state index contributed by atoms with van der Waals surface area (Å²) in [5.74, 6) is -10.4. The van der Waals surface area contributed by atoms with Crippen molar-refractivity contribution in [3.63, 3.8) is 0 Å². The van der Waals surface area contributed by atoms with Crippen molar-refractivity contribution >= 4 is 32.7 Å². The molecule has 6 aromatic carbocycles. The van der Waals surface area contributed by atoms with Crippen LogP contribution in [0.25, 0.3) is 77.6 Å². The maximum absolute atomic E-state index is 15.0. The van der Waals surface area contributed by atoms with E-state index in [0.29, 0.717) is 60.8 Å². The van der Waals surface area contributed by atoms with Crippen molar-refractivity contribution < 1.29 is 22.0 Å². The predicted octanol–water partition coefficient (Wildman–Crippen LogP) is 10.3. The smallest absolute Gasteiger partial charge is 0.200 e. The molecule has 0 fully saturated rings. The molecule has 6 nitrogen and oxygen atoms in total. The summed E-state index contributed by atoms with van der Waals surface area (Å²) in [6.07, 6.45) is 0. The van der Waals surface area contributed by atoms with Crippen LogP contribution in [0.15, 0.2) is 103 Å². The Bertz CT molecular complexity index is 2950. The number of hydrogen-bond acceptors (Lipinski definition) is 6. The predicted molar refractivity (Wildman–Crippen MR) is 188 cm³/mol. The lowest BCUT2D eigenvalue weighted by atomic mass is 9.94. The second-order valence-corrected chi connectivity index (χ2v) is 12.0. The normalized spacial score (nSPS) is 11.1. The molecule has 53 heavy (non-hydrogen) atoms. The first-order valence-corrected chi connectivity index (χ1v) is 15.8. The highest BCUT2D eigenvalue weighted by Crippen LogP contribution is 2.41. The molecule has 2 aromatic heterocycles. The molecule has 0 amide bonds.